The van der Waals surface area contributed by atoms with Gasteiger partial charge in [-0.2, -0.15) is 5.10 Å². The first-order chi connectivity index (χ1) is 15.9. The minimum Gasteiger partial charge on any atom is -0.444 e. The van der Waals surface area contributed by atoms with Crippen LogP contribution in [0.15, 0.2) is 35.3 Å². The highest BCUT2D eigenvalue weighted by molar-refractivity contribution is 6.33. The van der Waals surface area contributed by atoms with Crippen LogP contribution in [-0.2, 0) is 4.74 Å². The van der Waals surface area contributed by atoms with Crippen LogP contribution in [0.25, 0.3) is 0 Å². The van der Waals surface area contributed by atoms with E-state index < -0.39 is 11.7 Å². The lowest BCUT2D eigenvalue weighted by molar-refractivity contribution is 0.0908. The number of aromatic nitrogens is 2. The van der Waals surface area contributed by atoms with E-state index in [1.54, 1.807) is 0 Å². The van der Waals surface area contributed by atoms with Crippen molar-refractivity contribution in [1.29, 1.82) is 0 Å². The molecule has 0 unspecified atom stereocenters. The fourth-order valence-electron chi connectivity index (χ4n) is 4.43. The molecule has 2 aliphatic rings. The molecular weight excluding hydrogens is 446 g/mol. The standard InChI is InChI=1S/C23H28ClN5O4/c1-14-3-2-4-15(11-14)21(30)26-16-5-7-17(8-6-16)27-23(32)33-18-9-10-29(13-18)19-12-25-28-22(31)20(19)24/h2-4,11-12,16-18H,5-10,13H2,1H3,(H,26,30)(H,27,32)(H,28,31)/t16?,17?,18-/m1/s1. The lowest BCUT2D eigenvalue weighted by Crippen LogP contribution is -2.44. The number of H-pyrrole nitrogens is 1. The van der Waals surface area contributed by atoms with Crippen molar-refractivity contribution in [3.63, 3.8) is 0 Å². The molecule has 2 heterocycles. The minimum absolute atomic E-state index is 0.0217. The minimum atomic E-state index is -0.443. The van der Waals surface area contributed by atoms with Gasteiger partial charge in [0.15, 0.2) is 0 Å². The van der Waals surface area contributed by atoms with E-state index in [0.29, 0.717) is 30.8 Å². The van der Waals surface area contributed by atoms with Crippen LogP contribution >= 0.6 is 11.6 Å². The fraction of sp³-hybridized carbons (Fsp3) is 0.478. The van der Waals surface area contributed by atoms with E-state index in [4.69, 9.17) is 16.3 Å². The first-order valence-corrected chi connectivity index (χ1v) is 11.6. The van der Waals surface area contributed by atoms with E-state index in [-0.39, 0.29) is 29.1 Å². The summed E-state index contributed by atoms with van der Waals surface area (Å²) in [6.07, 6.45) is 4.57. The van der Waals surface area contributed by atoms with Crippen LogP contribution in [0.2, 0.25) is 5.02 Å². The number of aryl methyl sites for hydroxylation is 1. The first kappa shape index (κ1) is 23.1. The molecule has 4 rings (SSSR count). The summed E-state index contributed by atoms with van der Waals surface area (Å²) in [5, 5.41) is 12.2. The Bertz CT molecular complexity index is 1070. The molecule has 1 aromatic carbocycles. The molecule has 0 radical (unpaired) electrons. The lowest BCUT2D eigenvalue weighted by Gasteiger charge is -2.29. The van der Waals surface area contributed by atoms with Crippen LogP contribution in [0.5, 0.6) is 0 Å². The van der Waals surface area contributed by atoms with Gasteiger partial charge >= 0.3 is 6.09 Å². The molecule has 0 bridgehead atoms. The molecule has 2 aromatic rings. The number of hydrogen-bond acceptors (Lipinski definition) is 6. The van der Waals surface area contributed by atoms with Gasteiger partial charge in [0, 0.05) is 30.6 Å². The molecule has 33 heavy (non-hydrogen) atoms. The third kappa shape index (κ3) is 5.84. The quantitative estimate of drug-likeness (QED) is 0.614. The molecule has 1 atom stereocenters. The van der Waals surface area contributed by atoms with Crippen molar-refractivity contribution in [3.8, 4) is 0 Å². The average molecular weight is 474 g/mol. The Balaban J connectivity index is 1.19. The number of aromatic amines is 1. The molecule has 10 heteroatoms. The second-order valence-corrected chi connectivity index (χ2v) is 9.07. The third-order valence-electron chi connectivity index (χ3n) is 6.20. The largest absolute Gasteiger partial charge is 0.444 e. The van der Waals surface area contributed by atoms with E-state index in [9.17, 15) is 14.4 Å². The summed E-state index contributed by atoms with van der Waals surface area (Å²) in [6.45, 7) is 3.04. The molecule has 176 valence electrons. The summed E-state index contributed by atoms with van der Waals surface area (Å²) < 4.78 is 5.59. The number of carbonyl (C=O) groups excluding carboxylic acids is 2. The van der Waals surface area contributed by atoms with Gasteiger partial charge in [-0.1, -0.05) is 29.3 Å². The van der Waals surface area contributed by atoms with E-state index >= 15 is 0 Å². The smallest absolute Gasteiger partial charge is 0.407 e. The van der Waals surface area contributed by atoms with E-state index in [1.807, 2.05) is 36.1 Å². The van der Waals surface area contributed by atoms with E-state index in [1.165, 1.54) is 6.20 Å². The number of ether oxygens (including phenoxy) is 1. The van der Waals surface area contributed by atoms with Gasteiger partial charge in [-0.3, -0.25) is 9.59 Å². The van der Waals surface area contributed by atoms with Crippen molar-refractivity contribution in [2.75, 3.05) is 18.0 Å². The van der Waals surface area contributed by atoms with E-state index in [0.717, 1.165) is 31.2 Å². The maximum absolute atomic E-state index is 12.5. The highest BCUT2D eigenvalue weighted by atomic mass is 35.5. The summed E-state index contributed by atoms with van der Waals surface area (Å²) in [6, 6.07) is 7.66. The Morgan fingerprint density at radius 3 is 2.61 bits per heavy atom. The van der Waals surface area contributed by atoms with Gasteiger partial charge in [0.1, 0.15) is 11.1 Å². The zero-order valence-corrected chi connectivity index (χ0v) is 19.2. The highest BCUT2D eigenvalue weighted by Crippen LogP contribution is 2.26. The molecule has 3 N–H and O–H groups in total. The molecular formula is C23H28ClN5O4. The van der Waals surface area contributed by atoms with Gasteiger partial charge in [0.2, 0.25) is 0 Å². The SMILES string of the molecule is Cc1cccc(C(=O)NC2CCC(NC(=O)O[C@@H]3CCN(c4cn[nH]c(=O)c4Cl)C3)CC2)c1. The van der Waals surface area contributed by atoms with Crippen LogP contribution in [0, 0.1) is 6.92 Å². The Morgan fingerprint density at radius 2 is 1.88 bits per heavy atom. The summed E-state index contributed by atoms with van der Waals surface area (Å²) in [5.41, 5.74) is 1.82. The maximum atomic E-state index is 12.5. The number of alkyl carbamates (subject to hydrolysis) is 1. The second kappa shape index (κ2) is 10.2. The normalized spacial score (nSPS) is 22.6. The number of carbonyl (C=O) groups is 2. The van der Waals surface area contributed by atoms with Gasteiger partial charge in [-0.25, -0.2) is 9.89 Å². The molecule has 2 fully saturated rings. The van der Waals surface area contributed by atoms with Crippen molar-refractivity contribution < 1.29 is 14.3 Å². The number of nitrogens with one attached hydrogen (secondary N) is 3. The Labute approximate surface area is 196 Å². The highest BCUT2D eigenvalue weighted by Gasteiger charge is 2.29. The molecule has 1 aromatic heterocycles. The lowest BCUT2D eigenvalue weighted by atomic mass is 9.91. The maximum Gasteiger partial charge on any atom is 0.407 e. The van der Waals surface area contributed by atoms with Crippen molar-refractivity contribution in [2.45, 2.75) is 57.2 Å². The van der Waals surface area contributed by atoms with Crippen molar-refractivity contribution in [3.05, 3.63) is 57.0 Å². The topological polar surface area (TPSA) is 116 Å². The average Bonchev–Trinajstić information content (AvgIpc) is 3.25. The molecule has 1 aliphatic carbocycles. The van der Waals surface area contributed by atoms with Crippen molar-refractivity contribution in [2.24, 2.45) is 0 Å². The van der Waals surface area contributed by atoms with Gasteiger partial charge in [-0.15, -0.1) is 0 Å². The van der Waals surface area contributed by atoms with Crippen LogP contribution in [-0.4, -0.2) is 53.5 Å². The third-order valence-corrected chi connectivity index (χ3v) is 6.57. The number of nitrogens with zero attached hydrogens (tertiary/aromatic N) is 2. The summed E-state index contributed by atoms with van der Waals surface area (Å²) in [4.78, 5) is 38.4. The van der Waals surface area contributed by atoms with Gasteiger partial charge in [0.25, 0.3) is 11.5 Å². The zero-order chi connectivity index (χ0) is 23.4. The van der Waals surface area contributed by atoms with E-state index in [2.05, 4.69) is 20.8 Å². The molecule has 1 saturated carbocycles. The number of rotatable bonds is 5. The first-order valence-electron chi connectivity index (χ1n) is 11.2. The van der Waals surface area contributed by atoms with Crippen LogP contribution in [0.3, 0.4) is 0 Å². The number of anilines is 1. The predicted octanol–water partition coefficient (Wildman–Crippen LogP) is 2.78. The summed E-state index contributed by atoms with van der Waals surface area (Å²) in [7, 11) is 0. The number of hydrogen-bond donors (Lipinski definition) is 3. The fourth-order valence-corrected chi connectivity index (χ4v) is 4.64. The predicted molar refractivity (Wildman–Crippen MR) is 125 cm³/mol. The molecule has 0 spiro atoms. The van der Waals surface area contributed by atoms with Gasteiger partial charge in [0.05, 0.1) is 18.4 Å². The summed E-state index contributed by atoms with van der Waals surface area (Å²) >= 11 is 6.07. The van der Waals surface area contributed by atoms with Crippen LogP contribution in [0.1, 0.15) is 48.0 Å². The molecule has 1 saturated heterocycles. The summed E-state index contributed by atoms with van der Waals surface area (Å²) in [5.74, 6) is -0.0592. The van der Waals surface area contributed by atoms with Crippen LogP contribution < -0.4 is 21.1 Å². The Kier molecular flexibility index (Phi) is 7.17. The van der Waals surface area contributed by atoms with Gasteiger partial charge < -0.3 is 20.3 Å². The van der Waals surface area contributed by atoms with Crippen molar-refractivity contribution in [1.82, 2.24) is 20.8 Å². The Hall–Kier alpha value is -3.07. The number of amides is 2. The second-order valence-electron chi connectivity index (χ2n) is 8.70. The number of benzene rings is 1. The monoisotopic (exact) mass is 473 g/mol. The zero-order valence-electron chi connectivity index (χ0n) is 18.5. The number of halogens is 1. The molecule has 9 nitrogen and oxygen atoms in total. The molecule has 1 aliphatic heterocycles. The molecule has 2 amide bonds. The van der Waals surface area contributed by atoms with Crippen LogP contribution in [0.4, 0.5) is 10.5 Å². The van der Waals surface area contributed by atoms with Crippen molar-refractivity contribution >= 4 is 29.3 Å². The Morgan fingerprint density at radius 1 is 1.15 bits per heavy atom. The van der Waals surface area contributed by atoms with Gasteiger partial charge in [-0.05, 0) is 44.7 Å².